The van der Waals surface area contributed by atoms with Gasteiger partial charge < -0.3 is 19.5 Å². The number of unbranched alkanes of at least 4 members (excludes halogenated alkanes) is 6. The summed E-state index contributed by atoms with van der Waals surface area (Å²) in [5.41, 5.74) is -1.91. The summed E-state index contributed by atoms with van der Waals surface area (Å²) in [5, 5.41) is 21.3. The molecule has 23 heavy (non-hydrogen) atoms. The van der Waals surface area contributed by atoms with E-state index in [1.54, 1.807) is 27.2 Å². The largest absolute Gasteiger partial charge is 0.550 e. The maximum atomic E-state index is 12.2. The smallest absolute Gasteiger partial charge is 0.193 e. The monoisotopic (exact) mass is 327 g/mol. The van der Waals surface area contributed by atoms with Crippen LogP contribution < -0.4 is 5.11 Å². The second-order valence-electron chi connectivity index (χ2n) is 7.35. The SMILES string of the molecule is CCCCCCCC/C=C/C(=O)C(O)(CC(=O)[O-])C[N+](C)(C)C. The molecule has 5 nitrogen and oxygen atoms in total. The predicted octanol–water partition coefficient (Wildman–Crippen LogP) is 1.44. The van der Waals surface area contributed by atoms with E-state index in [1.807, 2.05) is 0 Å². The highest BCUT2D eigenvalue weighted by Crippen LogP contribution is 2.17. The quantitative estimate of drug-likeness (QED) is 0.315. The third-order valence-corrected chi connectivity index (χ3v) is 3.62. The number of likely N-dealkylation sites (N-methyl/N-ethyl adjacent to an activating group) is 1. The molecule has 0 spiro atoms. The highest BCUT2D eigenvalue weighted by atomic mass is 16.4. The van der Waals surface area contributed by atoms with Crippen LogP contribution in [0.4, 0.5) is 0 Å². The van der Waals surface area contributed by atoms with Crippen LogP contribution in [-0.2, 0) is 9.59 Å². The molecule has 0 bridgehead atoms. The van der Waals surface area contributed by atoms with Gasteiger partial charge in [-0.1, -0.05) is 45.1 Å². The Morgan fingerprint density at radius 3 is 2.17 bits per heavy atom. The minimum Gasteiger partial charge on any atom is -0.550 e. The number of nitrogens with zero attached hydrogens (tertiary/aromatic N) is 1. The lowest BCUT2D eigenvalue weighted by molar-refractivity contribution is -0.875. The molecule has 0 aliphatic rings. The molecule has 0 radical (unpaired) electrons. The fourth-order valence-corrected chi connectivity index (χ4v) is 2.63. The Kier molecular flexibility index (Phi) is 10.0. The number of carboxylic acid groups (broad SMARTS) is 1. The van der Waals surface area contributed by atoms with Gasteiger partial charge in [0.25, 0.3) is 0 Å². The van der Waals surface area contributed by atoms with Crippen molar-refractivity contribution in [3.8, 4) is 0 Å². The van der Waals surface area contributed by atoms with Crippen LogP contribution in [0.3, 0.4) is 0 Å². The van der Waals surface area contributed by atoms with Gasteiger partial charge in [-0.2, -0.15) is 0 Å². The number of carbonyl (C=O) groups is 2. The van der Waals surface area contributed by atoms with Gasteiger partial charge in [0.15, 0.2) is 11.4 Å². The minimum absolute atomic E-state index is 0.0289. The van der Waals surface area contributed by atoms with E-state index in [4.69, 9.17) is 0 Å². The van der Waals surface area contributed by atoms with E-state index in [0.717, 1.165) is 19.3 Å². The summed E-state index contributed by atoms with van der Waals surface area (Å²) < 4.78 is 0.292. The lowest BCUT2D eigenvalue weighted by atomic mass is 9.92. The van der Waals surface area contributed by atoms with Crippen LogP contribution in [0.2, 0.25) is 0 Å². The van der Waals surface area contributed by atoms with Gasteiger partial charge in [-0.25, -0.2) is 0 Å². The standard InChI is InChI=1S/C18H33NO4/c1-5-6-7-8-9-10-11-12-13-16(20)18(23,14-17(21)22)15-19(2,3)4/h12-13,23H,5-11,14-15H2,1-4H3/b13-12+. The van der Waals surface area contributed by atoms with Gasteiger partial charge in [-0.3, -0.25) is 4.79 Å². The van der Waals surface area contributed by atoms with E-state index < -0.39 is 23.8 Å². The maximum absolute atomic E-state index is 12.2. The van der Waals surface area contributed by atoms with E-state index in [0.29, 0.717) is 4.48 Å². The van der Waals surface area contributed by atoms with E-state index in [-0.39, 0.29) is 6.54 Å². The van der Waals surface area contributed by atoms with Crippen molar-refractivity contribution in [2.75, 3.05) is 27.7 Å². The second-order valence-corrected chi connectivity index (χ2v) is 7.35. The molecule has 0 aromatic carbocycles. The van der Waals surface area contributed by atoms with Crippen LogP contribution in [0.15, 0.2) is 12.2 Å². The second kappa shape index (κ2) is 10.6. The predicted molar refractivity (Wildman–Crippen MR) is 89.6 cm³/mol. The lowest BCUT2D eigenvalue weighted by Crippen LogP contribution is -2.55. The Morgan fingerprint density at radius 2 is 1.65 bits per heavy atom. The molecule has 0 fully saturated rings. The summed E-state index contributed by atoms with van der Waals surface area (Å²) in [7, 11) is 5.40. The number of hydrogen-bond donors (Lipinski definition) is 1. The number of rotatable bonds is 13. The average molecular weight is 327 g/mol. The van der Waals surface area contributed by atoms with Crippen LogP contribution >= 0.6 is 0 Å². The molecule has 1 unspecified atom stereocenters. The van der Waals surface area contributed by atoms with Gasteiger partial charge in [0.2, 0.25) is 0 Å². The zero-order valence-electron chi connectivity index (χ0n) is 15.1. The molecular weight excluding hydrogens is 294 g/mol. The first-order valence-corrected chi connectivity index (χ1v) is 8.54. The van der Waals surface area contributed by atoms with Gasteiger partial charge >= 0.3 is 0 Å². The Bertz CT molecular complexity index is 398. The number of aliphatic carboxylic acids is 1. The summed E-state index contributed by atoms with van der Waals surface area (Å²) in [6.07, 6.45) is 10.2. The van der Waals surface area contributed by atoms with Crippen LogP contribution in [0.1, 0.15) is 58.3 Å². The lowest BCUT2D eigenvalue weighted by Gasteiger charge is -2.34. The summed E-state index contributed by atoms with van der Waals surface area (Å²) in [4.78, 5) is 23.1. The zero-order chi connectivity index (χ0) is 17.9. The van der Waals surface area contributed by atoms with Crippen molar-refractivity contribution in [2.24, 2.45) is 0 Å². The van der Waals surface area contributed by atoms with Crippen LogP contribution in [-0.4, -0.2) is 54.6 Å². The molecule has 0 amide bonds. The third-order valence-electron chi connectivity index (χ3n) is 3.62. The number of ketones is 1. The Morgan fingerprint density at radius 1 is 1.09 bits per heavy atom. The Hall–Kier alpha value is -1.20. The number of hydrogen-bond acceptors (Lipinski definition) is 4. The van der Waals surface area contributed by atoms with Crippen LogP contribution in [0.5, 0.6) is 0 Å². The normalized spacial score (nSPS) is 14.8. The molecule has 0 saturated carbocycles. The molecule has 5 heteroatoms. The van der Waals surface area contributed by atoms with Crippen LogP contribution in [0.25, 0.3) is 0 Å². The zero-order valence-corrected chi connectivity index (χ0v) is 15.1. The Labute approximate surface area is 140 Å². The minimum atomic E-state index is -1.91. The van der Waals surface area contributed by atoms with Crippen molar-refractivity contribution in [3.05, 3.63) is 12.2 Å². The van der Waals surface area contributed by atoms with E-state index in [9.17, 15) is 19.8 Å². The van der Waals surface area contributed by atoms with Gasteiger partial charge in [0.05, 0.1) is 21.1 Å². The Balaban J connectivity index is 4.43. The van der Waals surface area contributed by atoms with E-state index >= 15 is 0 Å². The maximum Gasteiger partial charge on any atom is 0.193 e. The van der Waals surface area contributed by atoms with Gasteiger partial charge in [0.1, 0.15) is 6.54 Å². The fraction of sp³-hybridized carbons (Fsp3) is 0.778. The van der Waals surface area contributed by atoms with Crippen molar-refractivity contribution < 1.29 is 24.3 Å². The van der Waals surface area contributed by atoms with E-state index in [2.05, 4.69) is 6.92 Å². The summed E-state index contributed by atoms with van der Waals surface area (Å²) in [6, 6.07) is 0. The first-order chi connectivity index (χ1) is 10.6. The molecule has 0 aromatic heterocycles. The average Bonchev–Trinajstić information content (AvgIpc) is 2.38. The molecule has 0 aliphatic heterocycles. The van der Waals surface area contributed by atoms with Crippen molar-refractivity contribution in [1.29, 1.82) is 0 Å². The molecule has 1 atom stereocenters. The number of carboxylic acids is 1. The number of quaternary nitrogens is 1. The molecule has 0 heterocycles. The topological polar surface area (TPSA) is 77.4 Å². The number of aliphatic hydroxyl groups is 1. The summed E-state index contributed by atoms with van der Waals surface area (Å²) in [6.45, 7) is 2.21. The molecule has 1 N–H and O–H groups in total. The van der Waals surface area contributed by atoms with E-state index in [1.165, 1.54) is 31.8 Å². The van der Waals surface area contributed by atoms with Crippen molar-refractivity contribution in [3.63, 3.8) is 0 Å². The van der Waals surface area contributed by atoms with Gasteiger partial charge in [-0.15, -0.1) is 0 Å². The number of carbonyl (C=O) groups excluding carboxylic acids is 2. The van der Waals surface area contributed by atoms with Crippen molar-refractivity contribution in [2.45, 2.75) is 63.9 Å². The molecule has 134 valence electrons. The van der Waals surface area contributed by atoms with Crippen molar-refractivity contribution in [1.82, 2.24) is 0 Å². The van der Waals surface area contributed by atoms with Crippen molar-refractivity contribution >= 4 is 11.8 Å². The highest BCUT2D eigenvalue weighted by Gasteiger charge is 2.39. The molecular formula is C18H33NO4. The van der Waals surface area contributed by atoms with Gasteiger partial charge in [0, 0.05) is 12.4 Å². The molecule has 0 aromatic rings. The fourth-order valence-electron chi connectivity index (χ4n) is 2.63. The van der Waals surface area contributed by atoms with Crippen LogP contribution in [0, 0.1) is 0 Å². The summed E-state index contributed by atoms with van der Waals surface area (Å²) >= 11 is 0. The van der Waals surface area contributed by atoms with Gasteiger partial charge in [-0.05, 0) is 18.9 Å². The third kappa shape index (κ3) is 11.0. The molecule has 0 rings (SSSR count). The highest BCUT2D eigenvalue weighted by molar-refractivity contribution is 5.99. The molecule has 0 aliphatic carbocycles. The first-order valence-electron chi connectivity index (χ1n) is 8.54. The molecule has 0 saturated heterocycles. The summed E-state index contributed by atoms with van der Waals surface area (Å²) in [5.74, 6) is -1.97. The number of allylic oxidation sites excluding steroid dienone is 1. The first kappa shape index (κ1) is 21.8.